The van der Waals surface area contributed by atoms with Crippen molar-refractivity contribution in [3.63, 3.8) is 0 Å². The molecule has 0 radical (unpaired) electrons. The van der Waals surface area contributed by atoms with E-state index in [1.165, 1.54) is 0 Å². The SMILES string of the molecule is [O-][n+]1cc2nc(N3CCN(CCO)CC3)cn2c2c1C(c1ccccc1)=CCN2. The van der Waals surface area contributed by atoms with Crippen molar-refractivity contribution in [2.24, 2.45) is 0 Å². The highest BCUT2D eigenvalue weighted by Gasteiger charge is 2.28. The summed E-state index contributed by atoms with van der Waals surface area (Å²) in [5, 5.41) is 25.4. The Hall–Kier alpha value is -3.10. The van der Waals surface area contributed by atoms with Gasteiger partial charge < -0.3 is 20.5 Å². The van der Waals surface area contributed by atoms with E-state index in [0.29, 0.717) is 24.4 Å². The molecular weight excluding hydrogens is 368 g/mol. The predicted molar refractivity (Wildman–Crippen MR) is 112 cm³/mol. The number of hydrogen-bond acceptors (Lipinski definition) is 6. The zero-order chi connectivity index (χ0) is 19.8. The van der Waals surface area contributed by atoms with E-state index in [1.807, 2.05) is 40.9 Å². The molecule has 0 aliphatic carbocycles. The highest BCUT2D eigenvalue weighted by Crippen LogP contribution is 2.31. The first-order chi connectivity index (χ1) is 14.2. The second-order valence-electron chi connectivity index (χ2n) is 7.40. The van der Waals surface area contributed by atoms with Gasteiger partial charge in [-0.25, -0.2) is 4.98 Å². The molecule has 0 saturated carbocycles. The largest absolute Gasteiger partial charge is 0.618 e. The molecule has 2 aliphatic heterocycles. The van der Waals surface area contributed by atoms with Gasteiger partial charge in [0.1, 0.15) is 5.82 Å². The smallest absolute Gasteiger partial charge is 0.265 e. The molecule has 150 valence electrons. The molecule has 29 heavy (non-hydrogen) atoms. The number of aromatic nitrogens is 3. The molecule has 2 aromatic heterocycles. The van der Waals surface area contributed by atoms with E-state index in [1.54, 1.807) is 6.20 Å². The molecule has 0 amide bonds. The standard InChI is InChI=1S/C21H24N6O2/c28-13-12-24-8-10-25(11-9-24)18-14-26-19(23-18)15-27(29)20-17(6-7-22-21(20)26)16-4-2-1-3-5-16/h1-6,14-15,22,28H,7-13H2. The van der Waals surface area contributed by atoms with Crippen LogP contribution in [0.2, 0.25) is 0 Å². The number of aliphatic hydroxyl groups is 1. The summed E-state index contributed by atoms with van der Waals surface area (Å²) in [4.78, 5) is 9.20. The number of benzene rings is 1. The maximum atomic E-state index is 12.9. The van der Waals surface area contributed by atoms with E-state index in [-0.39, 0.29) is 6.61 Å². The molecule has 1 aromatic carbocycles. The third-order valence-electron chi connectivity index (χ3n) is 5.67. The molecule has 5 rings (SSSR count). The van der Waals surface area contributed by atoms with Crippen molar-refractivity contribution in [1.82, 2.24) is 14.3 Å². The third-order valence-corrected chi connectivity index (χ3v) is 5.67. The minimum atomic E-state index is 0.187. The average Bonchev–Trinajstić information content (AvgIpc) is 3.19. The summed E-state index contributed by atoms with van der Waals surface area (Å²) in [5.74, 6) is 1.65. The number of hydrogen-bond donors (Lipinski definition) is 2. The number of rotatable bonds is 4. The molecule has 0 spiro atoms. The number of nitrogens with zero attached hydrogens (tertiary/aromatic N) is 5. The Morgan fingerprint density at radius 2 is 1.93 bits per heavy atom. The minimum absolute atomic E-state index is 0.187. The van der Waals surface area contributed by atoms with Crippen LogP contribution >= 0.6 is 0 Å². The molecule has 8 nitrogen and oxygen atoms in total. The van der Waals surface area contributed by atoms with Gasteiger partial charge in [-0.05, 0) is 5.56 Å². The Bertz CT molecular complexity index is 1050. The summed E-state index contributed by atoms with van der Waals surface area (Å²) in [6.07, 6.45) is 5.61. The van der Waals surface area contributed by atoms with Crippen molar-refractivity contribution in [2.75, 3.05) is 56.1 Å². The number of piperazine rings is 1. The van der Waals surface area contributed by atoms with Gasteiger partial charge in [-0.1, -0.05) is 36.4 Å². The van der Waals surface area contributed by atoms with E-state index in [2.05, 4.69) is 21.2 Å². The number of anilines is 2. The van der Waals surface area contributed by atoms with E-state index >= 15 is 0 Å². The van der Waals surface area contributed by atoms with Crippen LogP contribution in [0.4, 0.5) is 11.6 Å². The van der Waals surface area contributed by atoms with Crippen LogP contribution in [0.15, 0.2) is 48.8 Å². The van der Waals surface area contributed by atoms with Crippen LogP contribution in [0.5, 0.6) is 0 Å². The van der Waals surface area contributed by atoms with Crippen LogP contribution in [-0.4, -0.2) is 65.3 Å². The van der Waals surface area contributed by atoms with Gasteiger partial charge in [-0.2, -0.15) is 4.73 Å². The summed E-state index contributed by atoms with van der Waals surface area (Å²) in [6, 6.07) is 9.99. The number of imidazole rings is 1. The van der Waals surface area contributed by atoms with Crippen molar-refractivity contribution >= 4 is 22.9 Å². The zero-order valence-corrected chi connectivity index (χ0v) is 16.2. The average molecular weight is 392 g/mol. The van der Waals surface area contributed by atoms with E-state index in [4.69, 9.17) is 10.1 Å². The van der Waals surface area contributed by atoms with Crippen LogP contribution in [0, 0.1) is 5.21 Å². The Balaban J connectivity index is 1.51. The van der Waals surface area contributed by atoms with Crippen molar-refractivity contribution < 1.29 is 9.84 Å². The predicted octanol–water partition coefficient (Wildman–Crippen LogP) is 0.939. The normalized spacial score (nSPS) is 17.1. The van der Waals surface area contributed by atoms with E-state index < -0.39 is 0 Å². The van der Waals surface area contributed by atoms with Crippen molar-refractivity contribution in [3.05, 3.63) is 65.3 Å². The van der Waals surface area contributed by atoms with Gasteiger partial charge in [-0.15, -0.1) is 0 Å². The summed E-state index contributed by atoms with van der Waals surface area (Å²) < 4.78 is 2.90. The maximum absolute atomic E-state index is 12.9. The topological polar surface area (TPSA) is 83.0 Å². The van der Waals surface area contributed by atoms with Crippen molar-refractivity contribution in [2.45, 2.75) is 0 Å². The van der Waals surface area contributed by atoms with Crippen LogP contribution in [-0.2, 0) is 0 Å². The molecule has 1 saturated heterocycles. The molecule has 8 heteroatoms. The number of aliphatic hydroxyl groups excluding tert-OH is 1. The Morgan fingerprint density at radius 1 is 1.14 bits per heavy atom. The lowest BCUT2D eigenvalue weighted by molar-refractivity contribution is -0.606. The molecule has 1 fully saturated rings. The van der Waals surface area contributed by atoms with Gasteiger partial charge in [0.25, 0.3) is 5.69 Å². The summed E-state index contributed by atoms with van der Waals surface area (Å²) in [6.45, 7) is 5.05. The molecule has 0 unspecified atom stereocenters. The van der Waals surface area contributed by atoms with Crippen molar-refractivity contribution in [3.8, 4) is 0 Å². The summed E-state index contributed by atoms with van der Waals surface area (Å²) in [5.41, 5.74) is 3.21. The van der Waals surface area contributed by atoms with E-state index in [0.717, 1.165) is 53.7 Å². The minimum Gasteiger partial charge on any atom is -0.618 e. The Kier molecular flexibility index (Phi) is 4.57. The highest BCUT2D eigenvalue weighted by molar-refractivity contribution is 5.84. The number of β-amino-alcohol motifs (C(OH)–C–C–N with tert-alkyl or cyclic N) is 1. The third kappa shape index (κ3) is 3.20. The molecule has 3 aromatic rings. The van der Waals surface area contributed by atoms with Gasteiger partial charge in [0.2, 0.25) is 11.8 Å². The van der Waals surface area contributed by atoms with Crippen LogP contribution < -0.4 is 14.9 Å². The maximum Gasteiger partial charge on any atom is 0.265 e. The van der Waals surface area contributed by atoms with Gasteiger partial charge in [-0.3, -0.25) is 9.30 Å². The first kappa shape index (κ1) is 18.0. The number of nitrogens with one attached hydrogen (secondary N) is 1. The fourth-order valence-electron chi connectivity index (χ4n) is 4.17. The van der Waals surface area contributed by atoms with Gasteiger partial charge >= 0.3 is 0 Å². The van der Waals surface area contributed by atoms with Gasteiger partial charge in [0.05, 0.1) is 18.4 Å². The zero-order valence-electron chi connectivity index (χ0n) is 16.2. The molecule has 2 N–H and O–H groups in total. The second kappa shape index (κ2) is 7.38. The van der Waals surface area contributed by atoms with Crippen molar-refractivity contribution in [1.29, 1.82) is 0 Å². The lowest BCUT2D eigenvalue weighted by Gasteiger charge is -2.34. The molecular formula is C21H24N6O2. The first-order valence-electron chi connectivity index (χ1n) is 9.98. The molecule has 0 bridgehead atoms. The second-order valence-corrected chi connectivity index (χ2v) is 7.40. The lowest BCUT2D eigenvalue weighted by atomic mass is 10.00. The fourth-order valence-corrected chi connectivity index (χ4v) is 4.17. The summed E-state index contributed by atoms with van der Waals surface area (Å²) in [7, 11) is 0. The molecule has 4 heterocycles. The van der Waals surface area contributed by atoms with Crippen LogP contribution in [0.3, 0.4) is 0 Å². The lowest BCUT2D eigenvalue weighted by Crippen LogP contribution is -2.47. The Morgan fingerprint density at radius 3 is 2.69 bits per heavy atom. The Labute approximate surface area is 168 Å². The number of fused-ring (bicyclic) bond motifs is 3. The molecule has 0 atom stereocenters. The van der Waals surface area contributed by atoms with Crippen LogP contribution in [0.1, 0.15) is 11.3 Å². The van der Waals surface area contributed by atoms with E-state index in [9.17, 15) is 5.21 Å². The summed E-state index contributed by atoms with van der Waals surface area (Å²) >= 11 is 0. The van der Waals surface area contributed by atoms with Crippen LogP contribution in [0.25, 0.3) is 11.2 Å². The highest BCUT2D eigenvalue weighted by atomic mass is 16.5. The van der Waals surface area contributed by atoms with Gasteiger partial charge in [0.15, 0.2) is 5.82 Å². The first-order valence-corrected chi connectivity index (χ1v) is 9.98. The van der Waals surface area contributed by atoms with Gasteiger partial charge in [0, 0.05) is 39.3 Å². The molecule has 2 aliphatic rings. The fraction of sp³-hybridized carbons (Fsp3) is 0.333. The quantitative estimate of drug-likeness (QED) is 0.508. The monoisotopic (exact) mass is 392 g/mol.